The minimum Gasteiger partial charge on any atom is -0.508 e. The average molecular weight is 1500 g/mol. The van der Waals surface area contributed by atoms with Crippen molar-refractivity contribution in [1.29, 1.82) is 0 Å². The van der Waals surface area contributed by atoms with Gasteiger partial charge in [0, 0.05) is 74.2 Å². The van der Waals surface area contributed by atoms with Crippen molar-refractivity contribution in [3.63, 3.8) is 0 Å². The van der Waals surface area contributed by atoms with E-state index in [1.165, 1.54) is 43.7 Å². The molecule has 2 bridgehead atoms. The summed E-state index contributed by atoms with van der Waals surface area (Å²) in [7, 11) is 3.20. The number of phenols is 1. The highest BCUT2D eigenvalue weighted by Gasteiger charge is 2.41. The maximum Gasteiger partial charge on any atom is 0.303 e. The van der Waals surface area contributed by atoms with Gasteiger partial charge in [-0.2, -0.15) is 0 Å². The number of hydrogen-bond acceptors (Lipinski definition) is 25. The third-order valence-corrected chi connectivity index (χ3v) is 19.6. The molecule has 0 radical (unpaired) electrons. The number of carboxylic acid groups (broad SMARTS) is 2. The molecular weight excluding hydrogens is 1410 g/mol. The number of aliphatic hydroxyl groups excluding tert-OH is 1. The monoisotopic (exact) mass is 1500 g/mol. The fourth-order valence-electron chi connectivity index (χ4n) is 9.51. The molecule has 14 amide bonds. The predicted octanol–water partition coefficient (Wildman–Crippen LogP) is -8.64. The summed E-state index contributed by atoms with van der Waals surface area (Å²) in [6.07, 6.45) is 0.138. The second kappa shape index (κ2) is 42.4. The number of amides is 14. The molecule has 3 saturated heterocycles. The highest BCUT2D eigenvalue weighted by atomic mass is 33.1. The van der Waals surface area contributed by atoms with E-state index in [9.17, 15) is 87.2 Å². The Morgan fingerprint density at radius 3 is 1.85 bits per heavy atom. The summed E-state index contributed by atoms with van der Waals surface area (Å²) in [5.74, 6) is -19.1. The van der Waals surface area contributed by atoms with Crippen LogP contribution in [0.3, 0.4) is 0 Å². The number of hydrogen-bond donors (Lipinski definition) is 21. The molecule has 556 valence electrons. The Balaban J connectivity index is 0.00000526. The molecule has 0 saturated carbocycles. The van der Waals surface area contributed by atoms with Gasteiger partial charge in [0.2, 0.25) is 82.7 Å². The number of aliphatic hydroxyl groups is 1. The first-order valence-electron chi connectivity index (χ1n) is 31.0. The van der Waals surface area contributed by atoms with Crippen LogP contribution in [0.2, 0.25) is 0 Å². The number of rotatable bonds is 17. The van der Waals surface area contributed by atoms with E-state index in [0.717, 1.165) is 55.0 Å². The number of aromatic nitrogens is 2. The van der Waals surface area contributed by atoms with Crippen LogP contribution < -0.4 is 87.2 Å². The summed E-state index contributed by atoms with van der Waals surface area (Å²) in [5, 5.41) is 64.4. The number of carbonyl (C=O) groups is 16. The summed E-state index contributed by atoms with van der Waals surface area (Å²) in [6, 6.07) is -14.0. The molecule has 26 N–H and O–H groups in total. The number of aromatic amines is 1. The van der Waals surface area contributed by atoms with E-state index in [-0.39, 0.29) is 69.0 Å². The number of carboxylic acids is 2. The molecule has 3 fully saturated rings. The molecule has 101 heavy (non-hydrogen) atoms. The van der Waals surface area contributed by atoms with Crippen molar-refractivity contribution >= 4 is 144 Å². The number of primary amides is 2. The first kappa shape index (κ1) is 83.8. The molecule has 0 spiro atoms. The fraction of sp³-hybridized carbons (Fsp3) is 0.544. The number of aliphatic imine (C=N–C) groups is 1. The lowest BCUT2D eigenvalue weighted by Gasteiger charge is -2.30. The van der Waals surface area contributed by atoms with E-state index in [1.807, 2.05) is 0 Å². The zero-order valence-electron chi connectivity index (χ0n) is 54.6. The van der Waals surface area contributed by atoms with E-state index in [0.29, 0.717) is 5.56 Å². The molecule has 4 heterocycles. The van der Waals surface area contributed by atoms with Crippen molar-refractivity contribution < 1.29 is 97.1 Å². The molecule has 2 aromatic rings. The van der Waals surface area contributed by atoms with Crippen LogP contribution in [0.1, 0.15) is 70.1 Å². The number of guanidine groups is 1. The summed E-state index contributed by atoms with van der Waals surface area (Å²) >= 11 is 0. The van der Waals surface area contributed by atoms with Crippen molar-refractivity contribution in [2.45, 2.75) is 144 Å². The Bertz CT molecular complexity index is 3310. The van der Waals surface area contributed by atoms with Crippen molar-refractivity contribution in [2.75, 3.05) is 49.3 Å². The lowest BCUT2D eigenvalue weighted by Crippen LogP contribution is -2.61. The SMILES string of the molecule is CC(=O)O.CC1NC(=O)C2CCCN2C(=O)C(CC(N)=O)NC(=O)C2CSSCC(C(N)=O)NC(=O)C(CO)NC(=O)C(Cc3ccc(O)cc3)NC(=O)C(Cc3cnc[nH]3)NC(=O)C(CCCN=C(N)N)NC(=O)CNC(=O)C(CSSCC(NC(=O)C(N)CCC(=O)O)C(=O)N2)NC1=O. The molecule has 1 aromatic heterocycles. The number of nitrogens with two attached hydrogens (primary N) is 5. The number of aromatic hydroxyl groups is 1. The number of carbonyl (C=O) groups excluding carboxylic acids is 14. The summed E-state index contributed by atoms with van der Waals surface area (Å²) in [5.41, 5.74) is 29.0. The molecule has 0 aliphatic carbocycles. The number of nitrogens with one attached hydrogen (secondary N) is 12. The highest BCUT2D eigenvalue weighted by Crippen LogP contribution is 2.26. The number of fused-ring (bicyclic) bond motifs is 9. The van der Waals surface area contributed by atoms with Gasteiger partial charge in [-0.25, -0.2) is 4.98 Å². The van der Waals surface area contributed by atoms with Crippen LogP contribution in [0.5, 0.6) is 5.75 Å². The maximum absolute atomic E-state index is 14.6. The Morgan fingerprint density at radius 1 is 0.683 bits per heavy atom. The third kappa shape index (κ3) is 29.6. The van der Waals surface area contributed by atoms with Crippen LogP contribution in [-0.2, 0) is 89.6 Å². The largest absolute Gasteiger partial charge is 0.508 e. The van der Waals surface area contributed by atoms with Crippen LogP contribution in [0.4, 0.5) is 0 Å². The second-order valence-corrected chi connectivity index (χ2v) is 27.9. The Hall–Kier alpha value is -9.66. The van der Waals surface area contributed by atoms with Crippen LogP contribution >= 0.6 is 43.2 Å². The van der Waals surface area contributed by atoms with Gasteiger partial charge in [0.15, 0.2) is 5.96 Å². The molecular formula is C57H84N20O20S4. The van der Waals surface area contributed by atoms with Gasteiger partial charge < -0.3 is 117 Å². The smallest absolute Gasteiger partial charge is 0.303 e. The van der Waals surface area contributed by atoms with Crippen LogP contribution in [0.25, 0.3) is 0 Å². The predicted molar refractivity (Wildman–Crippen MR) is 365 cm³/mol. The van der Waals surface area contributed by atoms with E-state index < -0.39 is 223 Å². The number of phenolic OH excluding ortho intramolecular Hbond substituents is 1. The number of H-pyrrole nitrogens is 1. The van der Waals surface area contributed by atoms with Gasteiger partial charge in [-0.15, -0.1) is 0 Å². The Kier molecular flexibility index (Phi) is 35.2. The first-order chi connectivity index (χ1) is 47.8. The number of imidazole rings is 1. The first-order valence-corrected chi connectivity index (χ1v) is 36.0. The lowest BCUT2D eigenvalue weighted by molar-refractivity contribution is -0.143. The van der Waals surface area contributed by atoms with Crippen LogP contribution in [0, 0.1) is 0 Å². The standard InChI is InChI=1S/C55H80N20O18S4.C2H4O2/c1-25-44(83)72-36-21-95-97-22-37(73-45(84)29(56)10-11-42(80)81)52(91)74-38(51(90)69-33(16-40(57)78)54(93)75-13-3-5-39(75)53(92)65-25)23-96-94-20-35(43(58)82)71-50(89)34(19-76)70-48(87)31(14-26-6-8-28(77)9-7-26)67-49(88)32(15-27-17-61-24-64-27)68-47(86)30(4-2-12-62-55(59)60)66-41(79)18-63-46(36)85;1-2(3)4/h6-9,17,24-25,29-39,76-77H,2-5,10-16,18-23,56H2,1H3,(H2,57,78)(H2,58,82)(H,61,64)(H,63,85)(H,65,92)(H,66,79)(H,67,88)(H,68,86)(H,69,90)(H,70,87)(H,71,89)(H,72,83)(H,73,84)(H,74,91)(H,80,81)(H4,59,60,62);1H3,(H,3,4). The van der Waals surface area contributed by atoms with Gasteiger partial charge in [0.1, 0.15) is 72.2 Å². The Morgan fingerprint density at radius 2 is 1.26 bits per heavy atom. The van der Waals surface area contributed by atoms with Crippen molar-refractivity contribution in [2.24, 2.45) is 33.7 Å². The molecule has 5 rings (SSSR count). The van der Waals surface area contributed by atoms with Crippen molar-refractivity contribution in [3.05, 3.63) is 48.0 Å². The van der Waals surface area contributed by atoms with Crippen molar-refractivity contribution in [1.82, 2.24) is 73.4 Å². The molecule has 44 heteroatoms. The summed E-state index contributed by atoms with van der Waals surface area (Å²) in [6.45, 7) is 0.158. The minimum atomic E-state index is -1.87. The fourth-order valence-corrected chi connectivity index (χ4v) is 14.2. The number of nitrogens with zero attached hydrogens (tertiary/aromatic N) is 3. The van der Waals surface area contributed by atoms with Gasteiger partial charge in [0.05, 0.1) is 31.9 Å². The van der Waals surface area contributed by atoms with Crippen LogP contribution in [-0.4, -0.2) is 258 Å². The topological polar surface area (TPSA) is 661 Å². The zero-order valence-corrected chi connectivity index (χ0v) is 57.9. The van der Waals surface area contributed by atoms with E-state index in [1.54, 1.807) is 0 Å². The summed E-state index contributed by atoms with van der Waals surface area (Å²) < 4.78 is 0. The summed E-state index contributed by atoms with van der Waals surface area (Å²) in [4.78, 5) is 228. The maximum atomic E-state index is 14.6. The van der Waals surface area contributed by atoms with E-state index in [4.69, 9.17) is 38.6 Å². The minimum absolute atomic E-state index is 0.0220. The van der Waals surface area contributed by atoms with Gasteiger partial charge in [-0.1, -0.05) is 55.3 Å². The average Bonchev–Trinajstić information content (AvgIpc) is 1.75. The molecule has 1 aromatic carbocycles. The zero-order chi connectivity index (χ0) is 75.0. The van der Waals surface area contributed by atoms with Gasteiger partial charge in [-0.05, 0) is 56.7 Å². The molecule has 12 atom stereocenters. The molecule has 3 aliphatic rings. The molecule has 12 unspecified atom stereocenters. The van der Waals surface area contributed by atoms with Gasteiger partial charge in [0.25, 0.3) is 5.97 Å². The lowest BCUT2D eigenvalue weighted by atomic mass is 10.0. The third-order valence-electron chi connectivity index (χ3n) is 14.7. The van der Waals surface area contributed by atoms with E-state index in [2.05, 4.69) is 73.4 Å². The number of aliphatic carboxylic acids is 2. The normalized spacial score (nSPS) is 25.0. The second-order valence-electron chi connectivity index (χ2n) is 22.8. The van der Waals surface area contributed by atoms with E-state index >= 15 is 0 Å². The Labute approximate surface area is 592 Å². The van der Waals surface area contributed by atoms with Crippen LogP contribution in [0.15, 0.2) is 41.8 Å². The quantitative estimate of drug-likeness (QED) is 0.0303. The van der Waals surface area contributed by atoms with Gasteiger partial charge in [-0.3, -0.25) is 81.7 Å². The van der Waals surface area contributed by atoms with Gasteiger partial charge >= 0.3 is 5.97 Å². The molecule has 40 nitrogen and oxygen atoms in total. The van der Waals surface area contributed by atoms with Crippen molar-refractivity contribution in [3.8, 4) is 5.75 Å². The molecule has 3 aliphatic heterocycles. The number of benzene rings is 1. The highest BCUT2D eigenvalue weighted by molar-refractivity contribution is 8.77.